The predicted molar refractivity (Wildman–Crippen MR) is 114 cm³/mol. The van der Waals surface area contributed by atoms with Crippen LogP contribution in [0.1, 0.15) is 17.7 Å². The van der Waals surface area contributed by atoms with E-state index in [1.54, 1.807) is 10.7 Å². The van der Waals surface area contributed by atoms with Crippen LogP contribution < -0.4 is 5.32 Å². The van der Waals surface area contributed by atoms with Gasteiger partial charge in [0.2, 0.25) is 5.91 Å². The summed E-state index contributed by atoms with van der Waals surface area (Å²) < 4.78 is 1.65. The van der Waals surface area contributed by atoms with Gasteiger partial charge >= 0.3 is 0 Å². The lowest BCUT2D eigenvalue weighted by atomic mass is 10.2. The van der Waals surface area contributed by atoms with E-state index in [9.17, 15) is 14.9 Å². The largest absolute Gasteiger partial charge is 0.326 e. The molecule has 0 aliphatic rings. The summed E-state index contributed by atoms with van der Waals surface area (Å²) in [6, 6.07) is 12.4. The highest BCUT2D eigenvalue weighted by Crippen LogP contribution is 2.33. The summed E-state index contributed by atoms with van der Waals surface area (Å²) in [7, 11) is 0. The van der Waals surface area contributed by atoms with E-state index in [1.165, 1.54) is 30.1 Å². The van der Waals surface area contributed by atoms with Gasteiger partial charge in [0, 0.05) is 34.0 Å². The molecule has 0 unspecified atom stereocenters. The van der Waals surface area contributed by atoms with Gasteiger partial charge in [0.1, 0.15) is 0 Å². The lowest BCUT2D eigenvalue weighted by Gasteiger charge is -2.09. The van der Waals surface area contributed by atoms with Crippen molar-refractivity contribution in [3.63, 3.8) is 0 Å². The quantitative estimate of drug-likeness (QED) is 0.408. The maximum Gasteiger partial charge on any atom is 0.272 e. The van der Waals surface area contributed by atoms with Gasteiger partial charge in [-0.15, -0.1) is 0 Å². The van der Waals surface area contributed by atoms with Gasteiger partial charge in [-0.2, -0.15) is 5.10 Å². The smallest absolute Gasteiger partial charge is 0.272 e. The molecule has 0 saturated carbocycles. The van der Waals surface area contributed by atoms with Gasteiger partial charge < -0.3 is 5.32 Å². The molecule has 0 radical (unpaired) electrons. The number of anilines is 1. The molecule has 0 aliphatic carbocycles. The van der Waals surface area contributed by atoms with Crippen LogP contribution in [0.15, 0.2) is 58.5 Å². The van der Waals surface area contributed by atoms with Crippen molar-refractivity contribution in [1.29, 1.82) is 0 Å². The minimum atomic E-state index is -0.468. The van der Waals surface area contributed by atoms with E-state index < -0.39 is 4.92 Å². The first-order chi connectivity index (χ1) is 13.8. The number of carbonyl (C=O) groups is 1. The molecule has 150 valence electrons. The van der Waals surface area contributed by atoms with Crippen molar-refractivity contribution in [1.82, 2.24) is 9.78 Å². The van der Waals surface area contributed by atoms with E-state index >= 15 is 0 Å². The summed E-state index contributed by atoms with van der Waals surface area (Å²) >= 11 is 7.36. The van der Waals surface area contributed by atoms with E-state index in [0.29, 0.717) is 22.2 Å². The van der Waals surface area contributed by atoms with Crippen LogP contribution in [0.5, 0.6) is 0 Å². The molecule has 9 heteroatoms. The van der Waals surface area contributed by atoms with Gasteiger partial charge in [0.15, 0.2) is 0 Å². The Hall–Kier alpha value is -2.84. The van der Waals surface area contributed by atoms with Crippen molar-refractivity contribution in [3.8, 4) is 0 Å². The number of halogens is 1. The van der Waals surface area contributed by atoms with Gasteiger partial charge in [0.05, 0.1) is 28.4 Å². The number of nitro benzene ring substituents is 1. The number of non-ortho nitro benzene ring substituents is 1. The van der Waals surface area contributed by atoms with Crippen molar-refractivity contribution in [2.75, 3.05) is 5.32 Å². The first-order valence-corrected chi connectivity index (χ1v) is 10.0. The molecule has 1 N–H and O–H groups in total. The number of aryl methyl sites for hydroxylation is 2. The number of amides is 1. The summed E-state index contributed by atoms with van der Waals surface area (Å²) in [5.41, 5.74) is 2.22. The van der Waals surface area contributed by atoms with E-state index in [-0.39, 0.29) is 18.0 Å². The molecule has 29 heavy (non-hydrogen) atoms. The molecular weight excluding hydrogens is 412 g/mol. The number of hydrogen-bond acceptors (Lipinski definition) is 5. The van der Waals surface area contributed by atoms with Crippen LogP contribution in [0, 0.1) is 24.0 Å². The van der Waals surface area contributed by atoms with Crippen LogP contribution in [0.25, 0.3) is 0 Å². The Kier molecular flexibility index (Phi) is 6.56. The van der Waals surface area contributed by atoms with Gasteiger partial charge in [-0.1, -0.05) is 41.1 Å². The Morgan fingerprint density at radius 2 is 1.93 bits per heavy atom. The molecule has 3 rings (SSSR count). The van der Waals surface area contributed by atoms with Crippen LogP contribution >= 0.6 is 23.4 Å². The van der Waals surface area contributed by atoms with Crippen LogP contribution in [0.3, 0.4) is 0 Å². The Bertz CT molecular complexity index is 1050. The lowest BCUT2D eigenvalue weighted by molar-refractivity contribution is -0.385. The third kappa shape index (κ3) is 5.58. The number of hydrogen-bond donors (Lipinski definition) is 1. The minimum Gasteiger partial charge on any atom is -0.326 e. The first-order valence-electron chi connectivity index (χ1n) is 8.83. The third-order valence-corrected chi connectivity index (χ3v) is 5.59. The van der Waals surface area contributed by atoms with Gasteiger partial charge in [-0.25, -0.2) is 0 Å². The number of benzene rings is 2. The number of nitrogens with zero attached hydrogens (tertiary/aromatic N) is 3. The van der Waals surface area contributed by atoms with Gasteiger partial charge in [-0.05, 0) is 32.0 Å². The number of nitrogens with one attached hydrogen (secondary N) is 1. The highest BCUT2D eigenvalue weighted by atomic mass is 35.5. The Labute approximate surface area is 177 Å². The molecule has 1 heterocycles. The average molecular weight is 431 g/mol. The van der Waals surface area contributed by atoms with Crippen LogP contribution in [0.2, 0.25) is 5.02 Å². The van der Waals surface area contributed by atoms with Crippen molar-refractivity contribution < 1.29 is 9.72 Å². The summed E-state index contributed by atoms with van der Waals surface area (Å²) in [4.78, 5) is 24.8. The Morgan fingerprint density at radius 1 is 1.21 bits per heavy atom. The topological polar surface area (TPSA) is 90.1 Å². The summed E-state index contributed by atoms with van der Waals surface area (Å²) in [6.45, 7) is 4.18. The molecule has 0 atom stereocenters. The zero-order valence-electron chi connectivity index (χ0n) is 15.9. The number of aromatic nitrogens is 2. The standard InChI is InChI=1S/C20H19ClN4O3S/c1-13-3-5-17(6-4-13)29-18-10-15(9-16(11-18)25(27)28)23-20(26)7-8-24-14(2)19(21)12-22-24/h3-6,9-12H,7-8H2,1-2H3,(H,23,26). The molecule has 1 aromatic heterocycles. The van der Waals surface area contributed by atoms with Crippen LogP contribution in [0.4, 0.5) is 11.4 Å². The van der Waals surface area contributed by atoms with Crippen LogP contribution in [-0.4, -0.2) is 20.6 Å². The fraction of sp³-hybridized carbons (Fsp3) is 0.200. The lowest BCUT2D eigenvalue weighted by Crippen LogP contribution is -2.15. The second-order valence-corrected chi connectivity index (χ2v) is 8.04. The third-order valence-electron chi connectivity index (χ3n) is 4.24. The second kappa shape index (κ2) is 9.11. The fourth-order valence-corrected chi connectivity index (χ4v) is 3.69. The molecule has 0 spiro atoms. The molecule has 0 bridgehead atoms. The Balaban J connectivity index is 1.72. The predicted octanol–water partition coefficient (Wildman–Crippen LogP) is 5.24. The minimum absolute atomic E-state index is 0.0767. The van der Waals surface area contributed by atoms with Gasteiger partial charge in [-0.3, -0.25) is 19.6 Å². The SMILES string of the molecule is Cc1ccc(Sc2cc(NC(=O)CCn3ncc(Cl)c3C)cc([N+](=O)[O-])c2)cc1. The van der Waals surface area contributed by atoms with E-state index in [2.05, 4.69) is 10.4 Å². The number of rotatable bonds is 7. The van der Waals surface area contributed by atoms with Crippen molar-refractivity contribution in [3.05, 3.63) is 75.1 Å². The van der Waals surface area contributed by atoms with Crippen molar-refractivity contribution in [2.45, 2.75) is 36.6 Å². The molecule has 1 amide bonds. The average Bonchev–Trinajstić information content (AvgIpc) is 3.00. The summed E-state index contributed by atoms with van der Waals surface area (Å²) in [5, 5.41) is 18.7. The maximum absolute atomic E-state index is 12.3. The molecule has 2 aromatic carbocycles. The normalized spacial score (nSPS) is 10.7. The van der Waals surface area contributed by atoms with Gasteiger partial charge in [0.25, 0.3) is 5.69 Å². The van der Waals surface area contributed by atoms with Crippen molar-refractivity contribution >= 4 is 40.6 Å². The molecule has 0 aliphatic heterocycles. The van der Waals surface area contributed by atoms with E-state index in [4.69, 9.17) is 11.6 Å². The second-order valence-electron chi connectivity index (χ2n) is 6.49. The molecule has 7 nitrogen and oxygen atoms in total. The molecular formula is C20H19ClN4O3S. The zero-order valence-corrected chi connectivity index (χ0v) is 17.5. The molecule has 0 saturated heterocycles. The highest BCUT2D eigenvalue weighted by molar-refractivity contribution is 7.99. The summed E-state index contributed by atoms with van der Waals surface area (Å²) in [5.74, 6) is -0.261. The van der Waals surface area contributed by atoms with E-state index in [0.717, 1.165) is 16.2 Å². The maximum atomic E-state index is 12.3. The molecule has 0 fully saturated rings. The zero-order chi connectivity index (χ0) is 21.0. The van der Waals surface area contributed by atoms with E-state index in [1.807, 2.05) is 38.1 Å². The Morgan fingerprint density at radius 3 is 2.55 bits per heavy atom. The summed E-state index contributed by atoms with van der Waals surface area (Å²) in [6.07, 6.45) is 1.70. The highest BCUT2D eigenvalue weighted by Gasteiger charge is 2.13. The van der Waals surface area contributed by atoms with Crippen LogP contribution in [-0.2, 0) is 11.3 Å². The monoisotopic (exact) mass is 430 g/mol. The molecule has 3 aromatic rings. The van der Waals surface area contributed by atoms with Crippen molar-refractivity contribution in [2.24, 2.45) is 0 Å². The number of nitro groups is 1. The number of carbonyl (C=O) groups excluding carboxylic acids is 1. The first kappa shape index (κ1) is 20.9. The fourth-order valence-electron chi connectivity index (χ4n) is 2.64.